The van der Waals surface area contributed by atoms with Gasteiger partial charge in [-0.3, -0.25) is 0 Å². The number of nitrogens with zero attached hydrogens (tertiary/aromatic N) is 1. The van der Waals surface area contributed by atoms with Crippen LogP contribution >= 0.6 is 24.0 Å². The predicted molar refractivity (Wildman–Crippen MR) is 120 cm³/mol. The van der Waals surface area contributed by atoms with Gasteiger partial charge in [0.25, 0.3) is 0 Å². The highest BCUT2D eigenvalue weighted by Gasteiger charge is 2.49. The second-order valence-corrected chi connectivity index (χ2v) is 7.64. The SMILES string of the molecule is CCCCOC1CC(N=C(N)Nc2ccc3c(c2)OCCCO3)C1(C)C.I. The molecule has 6 nitrogen and oxygen atoms in total. The summed E-state index contributed by atoms with van der Waals surface area (Å²) in [6, 6.07) is 5.91. The van der Waals surface area contributed by atoms with Crippen LogP contribution in [0.15, 0.2) is 23.2 Å². The van der Waals surface area contributed by atoms with Crippen molar-refractivity contribution in [2.75, 3.05) is 25.1 Å². The number of aliphatic imine (C=N–C) groups is 1. The molecule has 1 saturated carbocycles. The monoisotopic (exact) mass is 489 g/mol. The minimum Gasteiger partial charge on any atom is -0.490 e. The van der Waals surface area contributed by atoms with Crippen LogP contribution in [0.1, 0.15) is 46.5 Å². The number of halogens is 1. The highest BCUT2D eigenvalue weighted by molar-refractivity contribution is 14.0. The lowest BCUT2D eigenvalue weighted by Gasteiger charge is -2.49. The number of nitrogens with one attached hydrogen (secondary N) is 1. The van der Waals surface area contributed by atoms with Gasteiger partial charge in [-0.2, -0.15) is 0 Å². The maximum absolute atomic E-state index is 6.14. The third-order valence-electron chi connectivity index (χ3n) is 5.26. The summed E-state index contributed by atoms with van der Waals surface area (Å²) in [7, 11) is 0. The van der Waals surface area contributed by atoms with Gasteiger partial charge in [0.15, 0.2) is 17.5 Å². The number of benzene rings is 1. The molecule has 7 heteroatoms. The summed E-state index contributed by atoms with van der Waals surface area (Å²) in [5.41, 5.74) is 6.99. The number of guanidine groups is 1. The molecule has 2 aliphatic rings. The van der Waals surface area contributed by atoms with Crippen molar-refractivity contribution in [3.8, 4) is 11.5 Å². The van der Waals surface area contributed by atoms with Crippen LogP contribution in [-0.2, 0) is 4.74 Å². The van der Waals surface area contributed by atoms with Gasteiger partial charge in [0.1, 0.15) is 0 Å². The van der Waals surface area contributed by atoms with Gasteiger partial charge >= 0.3 is 0 Å². The number of unbranched alkanes of at least 4 members (excludes halogenated alkanes) is 1. The van der Waals surface area contributed by atoms with Crippen molar-refractivity contribution in [1.82, 2.24) is 0 Å². The van der Waals surface area contributed by atoms with Gasteiger partial charge in [-0.1, -0.05) is 27.2 Å². The average molecular weight is 489 g/mol. The Bertz CT molecular complexity index is 651. The number of hydrogen-bond donors (Lipinski definition) is 2. The molecule has 1 heterocycles. The summed E-state index contributed by atoms with van der Waals surface area (Å²) < 4.78 is 17.3. The molecule has 0 aromatic heterocycles. The van der Waals surface area contributed by atoms with Gasteiger partial charge in [-0.15, -0.1) is 24.0 Å². The van der Waals surface area contributed by atoms with Gasteiger partial charge < -0.3 is 25.3 Å². The fourth-order valence-corrected chi connectivity index (χ4v) is 3.33. The molecule has 0 amide bonds. The Morgan fingerprint density at radius 3 is 2.74 bits per heavy atom. The fraction of sp³-hybridized carbons (Fsp3) is 0.650. The van der Waals surface area contributed by atoms with Crippen molar-refractivity contribution in [3.63, 3.8) is 0 Å². The molecule has 0 bridgehead atoms. The highest BCUT2D eigenvalue weighted by Crippen LogP contribution is 2.45. The van der Waals surface area contributed by atoms with Gasteiger partial charge in [0.05, 0.1) is 25.4 Å². The van der Waals surface area contributed by atoms with E-state index in [1.807, 2.05) is 18.2 Å². The normalized spacial score (nSPS) is 23.6. The molecule has 1 aliphatic heterocycles. The van der Waals surface area contributed by atoms with Crippen LogP contribution in [0.4, 0.5) is 5.69 Å². The van der Waals surface area contributed by atoms with E-state index < -0.39 is 0 Å². The Hall–Kier alpha value is -1.22. The van der Waals surface area contributed by atoms with E-state index in [0.717, 1.165) is 49.5 Å². The first-order chi connectivity index (χ1) is 12.5. The highest BCUT2D eigenvalue weighted by atomic mass is 127. The minimum atomic E-state index is 0. The maximum Gasteiger partial charge on any atom is 0.193 e. The quantitative estimate of drug-likeness (QED) is 0.272. The molecule has 0 radical (unpaired) electrons. The Labute approximate surface area is 179 Å². The van der Waals surface area contributed by atoms with E-state index in [1.165, 1.54) is 0 Å². The Kier molecular flexibility index (Phi) is 8.03. The molecule has 1 aromatic carbocycles. The van der Waals surface area contributed by atoms with Crippen molar-refractivity contribution >= 4 is 35.6 Å². The molecule has 2 atom stereocenters. The number of ether oxygens (including phenoxy) is 3. The number of nitrogens with two attached hydrogens (primary N) is 1. The standard InChI is InChI=1S/C20H31N3O3.HI/c1-4-5-9-26-18-13-17(20(18,2)3)23-19(21)22-14-7-8-15-16(12-14)25-11-6-10-24-15;/h7-8,12,17-18H,4-6,9-11,13H2,1-3H3,(H3,21,22,23);1H. The molecular weight excluding hydrogens is 457 g/mol. The van der Waals surface area contributed by atoms with Crippen molar-refractivity contribution in [1.29, 1.82) is 0 Å². The zero-order chi connectivity index (χ0) is 18.6. The first-order valence-corrected chi connectivity index (χ1v) is 9.62. The molecule has 0 spiro atoms. The van der Waals surface area contributed by atoms with Crippen LogP contribution in [0.3, 0.4) is 0 Å². The van der Waals surface area contributed by atoms with Crippen LogP contribution in [0, 0.1) is 5.41 Å². The molecule has 3 rings (SSSR count). The molecule has 1 aromatic rings. The number of rotatable bonds is 6. The van der Waals surface area contributed by atoms with Gasteiger partial charge in [0.2, 0.25) is 0 Å². The molecule has 152 valence electrons. The molecular formula is C20H32IN3O3. The lowest BCUT2D eigenvalue weighted by atomic mass is 9.65. The summed E-state index contributed by atoms with van der Waals surface area (Å²) >= 11 is 0. The lowest BCUT2D eigenvalue weighted by Crippen LogP contribution is -2.54. The lowest BCUT2D eigenvalue weighted by molar-refractivity contribution is -0.107. The molecule has 1 aliphatic carbocycles. The van der Waals surface area contributed by atoms with Crippen molar-refractivity contribution in [2.45, 2.75) is 58.6 Å². The van der Waals surface area contributed by atoms with Crippen LogP contribution in [0.2, 0.25) is 0 Å². The molecule has 1 fully saturated rings. The third-order valence-corrected chi connectivity index (χ3v) is 5.26. The first kappa shape index (κ1) is 22.1. The second kappa shape index (κ2) is 9.82. The van der Waals surface area contributed by atoms with Gasteiger partial charge in [-0.05, 0) is 25.0 Å². The summed E-state index contributed by atoms with van der Waals surface area (Å²) in [5.74, 6) is 1.94. The van der Waals surface area contributed by atoms with Crippen LogP contribution in [0.25, 0.3) is 0 Å². The van der Waals surface area contributed by atoms with Gasteiger partial charge in [0, 0.05) is 30.2 Å². The predicted octanol–water partition coefficient (Wildman–Crippen LogP) is 4.18. The molecule has 2 unspecified atom stereocenters. The van der Waals surface area contributed by atoms with Gasteiger partial charge in [-0.25, -0.2) is 4.99 Å². The number of anilines is 1. The Balaban J connectivity index is 0.00000261. The molecule has 3 N–H and O–H groups in total. The van der Waals surface area contributed by atoms with Crippen LogP contribution < -0.4 is 20.5 Å². The van der Waals surface area contributed by atoms with E-state index in [0.29, 0.717) is 19.2 Å². The summed E-state index contributed by atoms with van der Waals surface area (Å²) in [6.45, 7) is 8.74. The smallest absolute Gasteiger partial charge is 0.193 e. The minimum absolute atomic E-state index is 0. The van der Waals surface area contributed by atoms with E-state index >= 15 is 0 Å². The second-order valence-electron chi connectivity index (χ2n) is 7.64. The average Bonchev–Trinajstić information content (AvgIpc) is 2.85. The van der Waals surface area contributed by atoms with Crippen molar-refractivity contribution in [3.05, 3.63) is 18.2 Å². The van der Waals surface area contributed by atoms with Crippen LogP contribution in [-0.4, -0.2) is 37.9 Å². The Morgan fingerprint density at radius 2 is 2.04 bits per heavy atom. The van der Waals surface area contributed by atoms with E-state index in [9.17, 15) is 0 Å². The molecule has 0 saturated heterocycles. The summed E-state index contributed by atoms with van der Waals surface area (Å²) in [5, 5.41) is 3.17. The zero-order valence-electron chi connectivity index (χ0n) is 16.5. The number of hydrogen-bond acceptors (Lipinski definition) is 4. The van der Waals surface area contributed by atoms with Crippen LogP contribution in [0.5, 0.6) is 11.5 Å². The Morgan fingerprint density at radius 1 is 1.30 bits per heavy atom. The van der Waals surface area contributed by atoms with E-state index in [1.54, 1.807) is 0 Å². The fourth-order valence-electron chi connectivity index (χ4n) is 3.33. The molecule has 27 heavy (non-hydrogen) atoms. The summed E-state index contributed by atoms with van der Waals surface area (Å²) in [4.78, 5) is 4.67. The largest absolute Gasteiger partial charge is 0.490 e. The number of fused-ring (bicyclic) bond motifs is 1. The third kappa shape index (κ3) is 5.40. The first-order valence-electron chi connectivity index (χ1n) is 9.62. The topological polar surface area (TPSA) is 78.1 Å². The van der Waals surface area contributed by atoms with Crippen molar-refractivity contribution < 1.29 is 14.2 Å². The zero-order valence-corrected chi connectivity index (χ0v) is 18.8. The van der Waals surface area contributed by atoms with Crippen molar-refractivity contribution in [2.24, 2.45) is 16.1 Å². The van der Waals surface area contributed by atoms with E-state index in [-0.39, 0.29) is 41.5 Å². The maximum atomic E-state index is 6.14. The van der Waals surface area contributed by atoms with E-state index in [2.05, 4.69) is 31.1 Å². The summed E-state index contributed by atoms with van der Waals surface area (Å²) in [6.07, 6.45) is 4.32. The van der Waals surface area contributed by atoms with E-state index in [4.69, 9.17) is 19.9 Å².